The van der Waals surface area contributed by atoms with Crippen molar-refractivity contribution in [2.24, 2.45) is 0 Å². The molecule has 6 heteroatoms. The smallest absolute Gasteiger partial charge is 0.269 e. The summed E-state index contributed by atoms with van der Waals surface area (Å²) in [6, 6.07) is 7.05. The summed E-state index contributed by atoms with van der Waals surface area (Å²) in [6.07, 6.45) is 8.62. The minimum atomic E-state index is -0.414. The second-order valence-corrected chi connectivity index (χ2v) is 6.42. The molecule has 1 amide bonds. The van der Waals surface area contributed by atoms with Crippen molar-refractivity contribution < 1.29 is 9.72 Å². The highest BCUT2D eigenvalue weighted by molar-refractivity contribution is 5.76. The molecule has 1 fully saturated rings. The van der Waals surface area contributed by atoms with E-state index in [1.807, 2.05) is 6.07 Å². The summed E-state index contributed by atoms with van der Waals surface area (Å²) >= 11 is 0. The van der Waals surface area contributed by atoms with Gasteiger partial charge in [0.1, 0.15) is 0 Å². The van der Waals surface area contributed by atoms with Gasteiger partial charge in [-0.15, -0.1) is 0 Å². The van der Waals surface area contributed by atoms with Crippen LogP contribution < -0.4 is 10.6 Å². The number of nitrogens with one attached hydrogen (secondary N) is 2. The van der Waals surface area contributed by atoms with Gasteiger partial charge in [0.05, 0.1) is 4.92 Å². The van der Waals surface area contributed by atoms with E-state index in [0.717, 1.165) is 12.1 Å². The van der Waals surface area contributed by atoms with Crippen molar-refractivity contribution in [3.63, 3.8) is 0 Å². The van der Waals surface area contributed by atoms with E-state index in [2.05, 4.69) is 10.6 Å². The van der Waals surface area contributed by atoms with Crippen LogP contribution in [0.15, 0.2) is 24.3 Å². The number of nitro benzene ring substituents is 1. The van der Waals surface area contributed by atoms with Crippen LogP contribution in [0.2, 0.25) is 0 Å². The maximum atomic E-state index is 11.9. The Morgan fingerprint density at radius 2 is 1.92 bits per heavy atom. The predicted molar refractivity (Wildman–Crippen MR) is 93.9 cm³/mol. The van der Waals surface area contributed by atoms with Gasteiger partial charge < -0.3 is 10.6 Å². The van der Waals surface area contributed by atoms with Gasteiger partial charge in [-0.2, -0.15) is 0 Å². The third-order valence-corrected chi connectivity index (χ3v) is 4.50. The largest absolute Gasteiger partial charge is 0.355 e. The molecule has 1 aromatic rings. The standard InChI is InChI=1S/C18H27N3O3/c22-18(11-10-15-6-5-9-17(14-15)21(23)24)20-13-12-19-16-7-3-1-2-4-8-16/h5-6,9,14,16,19H,1-4,7-8,10-13H2,(H,20,22). The number of hydrogen-bond donors (Lipinski definition) is 2. The molecule has 24 heavy (non-hydrogen) atoms. The minimum absolute atomic E-state index is 0.0100. The monoisotopic (exact) mass is 333 g/mol. The third kappa shape index (κ3) is 6.66. The van der Waals surface area contributed by atoms with E-state index < -0.39 is 4.92 Å². The van der Waals surface area contributed by atoms with Crippen LogP contribution in [-0.2, 0) is 11.2 Å². The SMILES string of the molecule is O=C(CCc1cccc([N+](=O)[O-])c1)NCCNC1CCCCCC1. The Kier molecular flexibility index (Phi) is 7.68. The number of aryl methyl sites for hydroxylation is 1. The second kappa shape index (κ2) is 10.0. The van der Waals surface area contributed by atoms with Crippen LogP contribution in [-0.4, -0.2) is 30.0 Å². The fraction of sp³-hybridized carbons (Fsp3) is 0.611. The van der Waals surface area contributed by atoms with E-state index in [0.29, 0.717) is 25.4 Å². The molecule has 1 saturated carbocycles. The summed E-state index contributed by atoms with van der Waals surface area (Å²) in [5, 5.41) is 17.2. The highest BCUT2D eigenvalue weighted by atomic mass is 16.6. The van der Waals surface area contributed by atoms with Crippen molar-refractivity contribution in [3.8, 4) is 0 Å². The lowest BCUT2D eigenvalue weighted by molar-refractivity contribution is -0.384. The maximum Gasteiger partial charge on any atom is 0.269 e. The molecule has 0 unspecified atom stereocenters. The van der Waals surface area contributed by atoms with Gasteiger partial charge in [-0.25, -0.2) is 0 Å². The van der Waals surface area contributed by atoms with Crippen molar-refractivity contribution in [2.45, 2.75) is 57.4 Å². The number of carbonyl (C=O) groups is 1. The molecule has 2 rings (SSSR count). The average Bonchev–Trinajstić information content (AvgIpc) is 2.86. The number of nitrogens with zero attached hydrogens (tertiary/aromatic N) is 1. The van der Waals surface area contributed by atoms with Crippen molar-refractivity contribution in [2.75, 3.05) is 13.1 Å². The van der Waals surface area contributed by atoms with Crippen LogP contribution in [0.3, 0.4) is 0 Å². The number of nitro groups is 1. The van der Waals surface area contributed by atoms with Gasteiger partial charge in [0.15, 0.2) is 0 Å². The lowest BCUT2D eigenvalue weighted by Crippen LogP contribution is -2.36. The third-order valence-electron chi connectivity index (χ3n) is 4.50. The fourth-order valence-electron chi connectivity index (χ4n) is 3.13. The number of non-ortho nitro benzene ring substituents is 1. The van der Waals surface area contributed by atoms with Crippen LogP contribution in [0.1, 0.15) is 50.5 Å². The predicted octanol–water partition coefficient (Wildman–Crippen LogP) is 2.96. The Morgan fingerprint density at radius 1 is 1.17 bits per heavy atom. The number of amides is 1. The van der Waals surface area contributed by atoms with E-state index >= 15 is 0 Å². The first-order valence-corrected chi connectivity index (χ1v) is 8.88. The normalized spacial score (nSPS) is 15.7. The molecule has 1 aliphatic rings. The molecular weight excluding hydrogens is 306 g/mol. The molecule has 0 aromatic heterocycles. The highest BCUT2D eigenvalue weighted by Gasteiger charge is 2.11. The summed E-state index contributed by atoms with van der Waals surface area (Å²) in [6.45, 7) is 1.43. The van der Waals surface area contributed by atoms with Crippen LogP contribution in [0.4, 0.5) is 5.69 Å². The first-order chi connectivity index (χ1) is 11.6. The van der Waals surface area contributed by atoms with Crippen molar-refractivity contribution in [1.29, 1.82) is 0 Å². The summed E-state index contributed by atoms with van der Waals surface area (Å²) in [5.41, 5.74) is 0.886. The van der Waals surface area contributed by atoms with Gasteiger partial charge in [0, 0.05) is 37.7 Å². The first kappa shape index (κ1) is 18.4. The molecule has 0 heterocycles. The molecule has 6 nitrogen and oxygen atoms in total. The molecule has 0 spiro atoms. The van der Waals surface area contributed by atoms with E-state index in [9.17, 15) is 14.9 Å². The summed E-state index contributed by atoms with van der Waals surface area (Å²) in [5.74, 6) is -0.0100. The van der Waals surface area contributed by atoms with Crippen molar-refractivity contribution >= 4 is 11.6 Å². The fourth-order valence-corrected chi connectivity index (χ4v) is 3.13. The zero-order valence-corrected chi connectivity index (χ0v) is 14.1. The van der Waals surface area contributed by atoms with Gasteiger partial charge in [-0.3, -0.25) is 14.9 Å². The molecule has 132 valence electrons. The van der Waals surface area contributed by atoms with Crippen LogP contribution in [0.25, 0.3) is 0 Å². The van der Waals surface area contributed by atoms with Gasteiger partial charge in [0.25, 0.3) is 5.69 Å². The Hall–Kier alpha value is -1.95. The molecule has 0 saturated heterocycles. The van der Waals surface area contributed by atoms with Crippen molar-refractivity contribution in [1.82, 2.24) is 10.6 Å². The molecule has 1 aliphatic carbocycles. The lowest BCUT2D eigenvalue weighted by atomic mass is 10.1. The van der Waals surface area contributed by atoms with E-state index in [-0.39, 0.29) is 11.6 Å². The van der Waals surface area contributed by atoms with E-state index in [1.54, 1.807) is 6.07 Å². The lowest BCUT2D eigenvalue weighted by Gasteiger charge is -2.16. The summed E-state index contributed by atoms with van der Waals surface area (Å²) in [7, 11) is 0. The Bertz CT molecular complexity index is 540. The van der Waals surface area contributed by atoms with Crippen LogP contribution >= 0.6 is 0 Å². The molecular formula is C18H27N3O3. The first-order valence-electron chi connectivity index (χ1n) is 8.88. The zero-order valence-electron chi connectivity index (χ0n) is 14.1. The van der Waals surface area contributed by atoms with Crippen LogP contribution in [0.5, 0.6) is 0 Å². The Balaban J connectivity index is 1.61. The molecule has 0 aliphatic heterocycles. The highest BCUT2D eigenvalue weighted by Crippen LogP contribution is 2.17. The Labute approximate surface area is 143 Å². The second-order valence-electron chi connectivity index (χ2n) is 6.42. The van der Waals surface area contributed by atoms with Crippen molar-refractivity contribution in [3.05, 3.63) is 39.9 Å². The molecule has 2 N–H and O–H groups in total. The topological polar surface area (TPSA) is 84.3 Å². The Morgan fingerprint density at radius 3 is 2.62 bits per heavy atom. The number of benzene rings is 1. The number of rotatable bonds is 8. The number of carbonyl (C=O) groups excluding carboxylic acids is 1. The molecule has 0 bridgehead atoms. The van der Waals surface area contributed by atoms with E-state index in [4.69, 9.17) is 0 Å². The zero-order chi connectivity index (χ0) is 17.2. The van der Waals surface area contributed by atoms with Crippen LogP contribution in [0, 0.1) is 10.1 Å². The quantitative estimate of drug-likeness (QED) is 0.331. The minimum Gasteiger partial charge on any atom is -0.355 e. The van der Waals surface area contributed by atoms with Gasteiger partial charge in [-0.05, 0) is 24.8 Å². The van der Waals surface area contributed by atoms with Gasteiger partial charge in [0.2, 0.25) is 5.91 Å². The van der Waals surface area contributed by atoms with Gasteiger partial charge >= 0.3 is 0 Å². The maximum absolute atomic E-state index is 11.9. The van der Waals surface area contributed by atoms with E-state index in [1.165, 1.54) is 50.7 Å². The molecule has 0 radical (unpaired) electrons. The number of hydrogen-bond acceptors (Lipinski definition) is 4. The average molecular weight is 333 g/mol. The molecule has 1 aromatic carbocycles. The summed E-state index contributed by atoms with van der Waals surface area (Å²) in [4.78, 5) is 22.2. The van der Waals surface area contributed by atoms with Gasteiger partial charge in [-0.1, -0.05) is 37.8 Å². The summed E-state index contributed by atoms with van der Waals surface area (Å²) < 4.78 is 0. The molecule has 0 atom stereocenters.